The summed E-state index contributed by atoms with van der Waals surface area (Å²) in [6, 6.07) is 5.88. The van der Waals surface area contributed by atoms with Crippen LogP contribution in [0.5, 0.6) is 0 Å². The van der Waals surface area contributed by atoms with Crippen molar-refractivity contribution in [2.24, 2.45) is 0 Å². The molecule has 28 heavy (non-hydrogen) atoms. The molecule has 0 aromatic carbocycles. The highest BCUT2D eigenvalue weighted by Gasteiger charge is 2.45. The number of aliphatic hydroxyl groups is 1. The van der Waals surface area contributed by atoms with E-state index in [-0.39, 0.29) is 11.3 Å². The third kappa shape index (κ3) is 3.75. The summed E-state index contributed by atoms with van der Waals surface area (Å²) in [5.41, 5.74) is 0.00415. The Labute approximate surface area is 164 Å². The van der Waals surface area contributed by atoms with Crippen molar-refractivity contribution < 1.29 is 28.4 Å². The molecule has 0 aliphatic carbocycles. The summed E-state index contributed by atoms with van der Waals surface area (Å²) < 4.78 is 10.9. The maximum Gasteiger partial charge on any atom is 0.290 e. The Kier molecular flexibility index (Phi) is 6.04. The van der Waals surface area contributed by atoms with E-state index in [1.807, 2.05) is 0 Å². The monoisotopic (exact) mass is 387 g/mol. The van der Waals surface area contributed by atoms with Crippen molar-refractivity contribution in [1.29, 1.82) is 0 Å². The summed E-state index contributed by atoms with van der Waals surface area (Å²) in [5, 5.41) is 10.5. The number of furan rings is 2. The van der Waals surface area contributed by atoms with Crippen molar-refractivity contribution in [3.8, 4) is 0 Å². The minimum absolute atomic E-state index is 0.00415. The topological polar surface area (TPSA) is 88.3 Å². The Hall–Kier alpha value is -2.80. The molecule has 0 fully saturated rings. The zero-order valence-corrected chi connectivity index (χ0v) is 16.5. The third-order valence-corrected chi connectivity index (χ3v) is 5.25. The fourth-order valence-corrected chi connectivity index (χ4v) is 3.65. The lowest BCUT2D eigenvalue weighted by Gasteiger charge is -2.25. The summed E-state index contributed by atoms with van der Waals surface area (Å²) in [6.07, 6.45) is 2.25. The second kappa shape index (κ2) is 8.48. The number of hydrogen-bond acceptors (Lipinski definition) is 5. The minimum Gasteiger partial charge on any atom is -0.503 e. The number of Topliss-reactive ketones (excluding diaryl/α,β-unsaturated/α-hetero) is 1. The molecule has 3 rings (SSSR count). The first-order valence-electron chi connectivity index (χ1n) is 9.70. The molecule has 1 aliphatic rings. The van der Waals surface area contributed by atoms with Gasteiger partial charge in [-0.1, -0.05) is 0 Å². The van der Waals surface area contributed by atoms with Crippen molar-refractivity contribution >= 4 is 11.7 Å². The second-order valence-electron chi connectivity index (χ2n) is 6.98. The zero-order chi connectivity index (χ0) is 20.3. The molecule has 1 aliphatic heterocycles. The number of nitrogens with zero attached hydrogens (tertiary/aromatic N) is 1. The van der Waals surface area contributed by atoms with E-state index >= 15 is 0 Å². The average Bonchev–Trinajstić information content (AvgIpc) is 3.41. The fourth-order valence-electron chi connectivity index (χ4n) is 3.65. The smallest absolute Gasteiger partial charge is 0.290 e. The lowest BCUT2D eigenvalue weighted by molar-refractivity contribution is -0.896. The molecule has 0 radical (unpaired) electrons. The molecule has 2 aromatic rings. The normalized spacial score (nSPS) is 17.2. The highest BCUT2D eigenvalue weighted by atomic mass is 16.3. The van der Waals surface area contributed by atoms with Gasteiger partial charge in [0.1, 0.15) is 17.6 Å². The first-order valence-corrected chi connectivity index (χ1v) is 9.70. The van der Waals surface area contributed by atoms with E-state index in [1.54, 1.807) is 31.2 Å². The maximum atomic E-state index is 13.0. The predicted molar refractivity (Wildman–Crippen MR) is 102 cm³/mol. The van der Waals surface area contributed by atoms with E-state index in [2.05, 4.69) is 13.8 Å². The summed E-state index contributed by atoms with van der Waals surface area (Å²) in [4.78, 5) is 28.7. The minimum atomic E-state index is -0.757. The van der Waals surface area contributed by atoms with Crippen LogP contribution in [-0.2, 0) is 4.79 Å². The van der Waals surface area contributed by atoms with Gasteiger partial charge < -0.3 is 23.7 Å². The first kappa shape index (κ1) is 19.9. The van der Waals surface area contributed by atoms with Crippen molar-refractivity contribution in [3.05, 3.63) is 59.1 Å². The second-order valence-corrected chi connectivity index (χ2v) is 6.98. The number of aliphatic hydroxyl groups excluding tert-OH is 1. The van der Waals surface area contributed by atoms with Gasteiger partial charge in [-0.15, -0.1) is 0 Å². The molecule has 150 valence electrons. The van der Waals surface area contributed by atoms with Gasteiger partial charge in [0, 0.05) is 13.0 Å². The lowest BCUT2D eigenvalue weighted by atomic mass is 9.99. The molecule has 0 unspecified atom stereocenters. The Bertz CT molecular complexity index is 861. The SMILES string of the molecule is CC[NH+](CC)CCCN1C(=O)C(O)=C(C(=O)c2ccc(C)o2)[C@H]1c1ccco1. The van der Waals surface area contributed by atoms with Crippen LogP contribution < -0.4 is 4.90 Å². The first-order chi connectivity index (χ1) is 13.5. The summed E-state index contributed by atoms with van der Waals surface area (Å²) in [5.74, 6) is -0.464. The molecule has 2 aromatic heterocycles. The van der Waals surface area contributed by atoms with Gasteiger partial charge in [0.25, 0.3) is 5.91 Å². The highest BCUT2D eigenvalue weighted by molar-refractivity contribution is 6.14. The molecule has 0 saturated carbocycles. The standard InChI is InChI=1S/C21H26N2O5/c1-4-22(5-2)11-7-12-23-18(15-8-6-13-27-15)17(20(25)21(23)26)19(24)16-10-9-14(3)28-16/h6,8-10,13,18,25H,4-5,7,11-12H2,1-3H3/p+1/t18-/m1/s1. The van der Waals surface area contributed by atoms with E-state index in [0.717, 1.165) is 26.1 Å². The van der Waals surface area contributed by atoms with Gasteiger partial charge in [0.15, 0.2) is 11.5 Å². The Morgan fingerprint density at radius 1 is 1.25 bits per heavy atom. The highest BCUT2D eigenvalue weighted by Crippen LogP contribution is 2.39. The Morgan fingerprint density at radius 3 is 2.57 bits per heavy atom. The van der Waals surface area contributed by atoms with Crippen molar-refractivity contribution in [2.75, 3.05) is 26.2 Å². The van der Waals surface area contributed by atoms with Crippen LogP contribution in [0, 0.1) is 6.92 Å². The van der Waals surface area contributed by atoms with E-state index in [1.165, 1.54) is 16.1 Å². The molecule has 0 saturated heterocycles. The quantitative estimate of drug-likeness (QED) is 0.643. The van der Waals surface area contributed by atoms with Crippen LogP contribution in [0.4, 0.5) is 0 Å². The van der Waals surface area contributed by atoms with Crippen molar-refractivity contribution in [1.82, 2.24) is 4.90 Å². The van der Waals surface area contributed by atoms with E-state index in [9.17, 15) is 14.7 Å². The molecule has 7 heteroatoms. The van der Waals surface area contributed by atoms with Gasteiger partial charge in [-0.05, 0) is 45.0 Å². The van der Waals surface area contributed by atoms with Crippen LogP contribution in [0.1, 0.15) is 48.4 Å². The molecular formula is C21H27N2O5+. The van der Waals surface area contributed by atoms with Crippen molar-refractivity contribution in [2.45, 2.75) is 33.2 Å². The molecule has 1 atom stereocenters. The lowest BCUT2D eigenvalue weighted by Crippen LogP contribution is -3.11. The molecular weight excluding hydrogens is 360 g/mol. The van der Waals surface area contributed by atoms with Gasteiger partial charge in [0.2, 0.25) is 5.78 Å². The van der Waals surface area contributed by atoms with E-state index < -0.39 is 23.5 Å². The summed E-state index contributed by atoms with van der Waals surface area (Å²) >= 11 is 0. The molecule has 3 heterocycles. The van der Waals surface area contributed by atoms with Crippen LogP contribution in [0.3, 0.4) is 0 Å². The summed E-state index contributed by atoms with van der Waals surface area (Å²) in [6.45, 7) is 9.34. The zero-order valence-electron chi connectivity index (χ0n) is 16.5. The van der Waals surface area contributed by atoms with Gasteiger partial charge in [-0.2, -0.15) is 0 Å². The fraction of sp³-hybridized carbons (Fsp3) is 0.429. The number of hydrogen-bond donors (Lipinski definition) is 2. The van der Waals surface area contributed by atoms with Gasteiger partial charge in [-0.3, -0.25) is 9.59 Å². The van der Waals surface area contributed by atoms with Crippen molar-refractivity contribution in [3.63, 3.8) is 0 Å². The van der Waals surface area contributed by atoms with Crippen LogP contribution in [0.15, 0.2) is 50.7 Å². The number of rotatable bonds is 9. The average molecular weight is 387 g/mol. The van der Waals surface area contributed by atoms with Crippen LogP contribution in [-0.4, -0.2) is 47.9 Å². The Morgan fingerprint density at radius 2 is 2.00 bits per heavy atom. The van der Waals surface area contributed by atoms with Crippen LogP contribution >= 0.6 is 0 Å². The number of nitrogens with one attached hydrogen (secondary N) is 1. The number of carbonyl (C=O) groups is 2. The predicted octanol–water partition coefficient (Wildman–Crippen LogP) is 2.07. The Balaban J connectivity index is 1.88. The maximum absolute atomic E-state index is 13.0. The van der Waals surface area contributed by atoms with E-state index in [4.69, 9.17) is 8.83 Å². The largest absolute Gasteiger partial charge is 0.503 e. The number of ketones is 1. The van der Waals surface area contributed by atoms with Crippen LogP contribution in [0.2, 0.25) is 0 Å². The number of carbonyl (C=O) groups excluding carboxylic acids is 2. The molecule has 0 spiro atoms. The number of quaternary nitrogens is 1. The number of aryl methyl sites for hydroxylation is 1. The van der Waals surface area contributed by atoms with Gasteiger partial charge >= 0.3 is 0 Å². The van der Waals surface area contributed by atoms with Gasteiger partial charge in [-0.25, -0.2) is 0 Å². The van der Waals surface area contributed by atoms with E-state index in [0.29, 0.717) is 18.1 Å². The van der Waals surface area contributed by atoms with Crippen LogP contribution in [0.25, 0.3) is 0 Å². The van der Waals surface area contributed by atoms with Gasteiger partial charge in [0.05, 0.1) is 31.5 Å². The molecule has 1 amide bonds. The third-order valence-electron chi connectivity index (χ3n) is 5.25. The molecule has 0 bridgehead atoms. The summed E-state index contributed by atoms with van der Waals surface area (Å²) in [7, 11) is 0. The molecule has 2 N–H and O–H groups in total. The number of amides is 1. The molecule has 7 nitrogen and oxygen atoms in total.